The molecule has 100 valence electrons. The number of aliphatic hydroxyl groups excluding tert-OH is 1. The molecule has 0 aromatic heterocycles. The second-order valence-corrected chi connectivity index (χ2v) is 4.18. The van der Waals surface area contributed by atoms with Crippen molar-refractivity contribution >= 4 is 11.9 Å². The zero-order valence-electron chi connectivity index (χ0n) is 10.8. The second kappa shape index (κ2) is 8.95. The van der Waals surface area contributed by atoms with Crippen LogP contribution < -0.4 is 10.6 Å². The Morgan fingerprint density at radius 2 is 1.94 bits per heavy atom. The average molecular weight is 245 g/mol. The molecule has 3 N–H and O–H groups in total. The number of rotatable bonds is 7. The molecule has 0 aromatic rings. The molecule has 6 nitrogen and oxygen atoms in total. The predicted molar refractivity (Wildman–Crippen MR) is 65.6 cm³/mol. The molecule has 0 radical (unpaired) electrons. The standard InChI is InChI=1S/C11H23N3O3/c1-4-5-14(6-7-15)8-10(16)13-11(17)12-9(2)3/h9,15H,4-8H2,1-3H3,(H2,12,13,16,17). The van der Waals surface area contributed by atoms with E-state index in [0.29, 0.717) is 6.54 Å². The molecular weight excluding hydrogens is 222 g/mol. The number of imide groups is 1. The molecule has 0 rings (SSSR count). The van der Waals surface area contributed by atoms with Crippen molar-refractivity contribution in [3.63, 3.8) is 0 Å². The van der Waals surface area contributed by atoms with Gasteiger partial charge in [0.2, 0.25) is 5.91 Å². The first-order valence-corrected chi connectivity index (χ1v) is 5.93. The summed E-state index contributed by atoms with van der Waals surface area (Å²) < 4.78 is 0. The fourth-order valence-corrected chi connectivity index (χ4v) is 1.40. The first-order valence-electron chi connectivity index (χ1n) is 5.93. The lowest BCUT2D eigenvalue weighted by molar-refractivity contribution is -0.121. The second-order valence-electron chi connectivity index (χ2n) is 4.18. The maximum atomic E-state index is 11.5. The molecular formula is C11H23N3O3. The molecule has 0 fully saturated rings. The maximum absolute atomic E-state index is 11.5. The van der Waals surface area contributed by atoms with Crippen LogP contribution in [0.15, 0.2) is 0 Å². The van der Waals surface area contributed by atoms with Crippen LogP contribution >= 0.6 is 0 Å². The summed E-state index contributed by atoms with van der Waals surface area (Å²) in [6, 6.07) is -0.488. The zero-order chi connectivity index (χ0) is 13.3. The van der Waals surface area contributed by atoms with E-state index in [1.807, 2.05) is 20.8 Å². The molecule has 0 spiro atoms. The van der Waals surface area contributed by atoms with Gasteiger partial charge in [-0.25, -0.2) is 4.79 Å². The molecule has 0 aliphatic rings. The largest absolute Gasteiger partial charge is 0.395 e. The normalized spacial score (nSPS) is 10.7. The highest BCUT2D eigenvalue weighted by Gasteiger charge is 2.12. The van der Waals surface area contributed by atoms with E-state index < -0.39 is 6.03 Å². The highest BCUT2D eigenvalue weighted by Crippen LogP contribution is 1.90. The summed E-state index contributed by atoms with van der Waals surface area (Å²) in [7, 11) is 0. The Morgan fingerprint density at radius 3 is 2.41 bits per heavy atom. The molecule has 17 heavy (non-hydrogen) atoms. The van der Waals surface area contributed by atoms with Gasteiger partial charge in [0, 0.05) is 12.6 Å². The Labute approximate surface area is 102 Å². The van der Waals surface area contributed by atoms with Crippen molar-refractivity contribution in [2.24, 2.45) is 0 Å². The summed E-state index contributed by atoms with van der Waals surface area (Å²) in [5.41, 5.74) is 0. The third-order valence-corrected chi connectivity index (χ3v) is 2.00. The van der Waals surface area contributed by atoms with Crippen LogP contribution in [-0.4, -0.2) is 54.2 Å². The molecule has 0 aliphatic heterocycles. The topological polar surface area (TPSA) is 81.7 Å². The molecule has 0 bridgehead atoms. The van der Waals surface area contributed by atoms with Crippen LogP contribution in [0, 0.1) is 0 Å². The lowest BCUT2D eigenvalue weighted by atomic mass is 10.4. The van der Waals surface area contributed by atoms with Crippen LogP contribution in [0.2, 0.25) is 0 Å². The third-order valence-electron chi connectivity index (χ3n) is 2.00. The van der Waals surface area contributed by atoms with Gasteiger partial charge in [0.1, 0.15) is 0 Å². The monoisotopic (exact) mass is 245 g/mol. The minimum absolute atomic E-state index is 0.00543. The van der Waals surface area contributed by atoms with E-state index in [9.17, 15) is 9.59 Å². The quantitative estimate of drug-likeness (QED) is 0.586. The van der Waals surface area contributed by atoms with E-state index in [1.54, 1.807) is 4.90 Å². The van der Waals surface area contributed by atoms with Crippen molar-refractivity contribution in [3.8, 4) is 0 Å². The predicted octanol–water partition coefficient (Wildman–Crippen LogP) is -0.0751. The first kappa shape index (κ1) is 15.9. The Bertz CT molecular complexity index is 238. The Hall–Kier alpha value is -1.14. The van der Waals surface area contributed by atoms with Crippen LogP contribution in [0.1, 0.15) is 27.2 Å². The Morgan fingerprint density at radius 1 is 1.29 bits per heavy atom. The van der Waals surface area contributed by atoms with Crippen LogP contribution in [0.3, 0.4) is 0 Å². The summed E-state index contributed by atoms with van der Waals surface area (Å²) in [6.45, 7) is 6.92. The van der Waals surface area contributed by atoms with Gasteiger partial charge in [-0.05, 0) is 26.8 Å². The number of urea groups is 1. The molecule has 0 atom stereocenters. The van der Waals surface area contributed by atoms with Gasteiger partial charge in [0.05, 0.1) is 13.2 Å². The summed E-state index contributed by atoms with van der Waals surface area (Å²) in [6.07, 6.45) is 0.894. The number of aliphatic hydroxyl groups is 1. The zero-order valence-corrected chi connectivity index (χ0v) is 10.8. The van der Waals surface area contributed by atoms with Gasteiger partial charge < -0.3 is 10.4 Å². The van der Waals surface area contributed by atoms with Gasteiger partial charge in [-0.2, -0.15) is 0 Å². The third kappa shape index (κ3) is 8.65. The summed E-state index contributed by atoms with van der Waals surface area (Å²) in [5, 5.41) is 13.6. The van der Waals surface area contributed by atoms with Crippen molar-refractivity contribution in [2.75, 3.05) is 26.2 Å². The molecule has 0 aromatic carbocycles. The minimum atomic E-state index is -0.481. The van der Waals surface area contributed by atoms with Gasteiger partial charge in [0.15, 0.2) is 0 Å². The average Bonchev–Trinajstić information content (AvgIpc) is 2.16. The van der Waals surface area contributed by atoms with Crippen molar-refractivity contribution in [1.82, 2.24) is 15.5 Å². The number of hydrogen-bond donors (Lipinski definition) is 3. The number of hydrogen-bond acceptors (Lipinski definition) is 4. The molecule has 0 heterocycles. The molecule has 3 amide bonds. The minimum Gasteiger partial charge on any atom is -0.395 e. The molecule has 0 saturated carbocycles. The van der Waals surface area contributed by atoms with Crippen molar-refractivity contribution in [3.05, 3.63) is 0 Å². The molecule has 0 aliphatic carbocycles. The fourth-order valence-electron chi connectivity index (χ4n) is 1.40. The van der Waals surface area contributed by atoms with Gasteiger partial charge in [0.25, 0.3) is 0 Å². The number of nitrogens with one attached hydrogen (secondary N) is 2. The van der Waals surface area contributed by atoms with Gasteiger partial charge in [-0.15, -0.1) is 0 Å². The van der Waals surface area contributed by atoms with Crippen LogP contribution in [0.4, 0.5) is 4.79 Å². The smallest absolute Gasteiger partial charge is 0.321 e. The van der Waals surface area contributed by atoms with E-state index in [0.717, 1.165) is 13.0 Å². The van der Waals surface area contributed by atoms with Gasteiger partial charge in [-0.1, -0.05) is 6.92 Å². The number of nitrogens with zero attached hydrogens (tertiary/aromatic N) is 1. The van der Waals surface area contributed by atoms with E-state index in [1.165, 1.54) is 0 Å². The van der Waals surface area contributed by atoms with Crippen LogP contribution in [0.5, 0.6) is 0 Å². The van der Waals surface area contributed by atoms with E-state index >= 15 is 0 Å². The summed E-state index contributed by atoms with van der Waals surface area (Å²) >= 11 is 0. The van der Waals surface area contributed by atoms with Crippen molar-refractivity contribution in [1.29, 1.82) is 0 Å². The van der Waals surface area contributed by atoms with Crippen LogP contribution in [0.25, 0.3) is 0 Å². The fraction of sp³-hybridized carbons (Fsp3) is 0.818. The summed E-state index contributed by atoms with van der Waals surface area (Å²) in [5.74, 6) is -0.356. The highest BCUT2D eigenvalue weighted by molar-refractivity contribution is 5.95. The molecule has 0 unspecified atom stereocenters. The Balaban J connectivity index is 4.00. The van der Waals surface area contributed by atoms with Crippen LogP contribution in [-0.2, 0) is 4.79 Å². The highest BCUT2D eigenvalue weighted by atomic mass is 16.3. The van der Waals surface area contributed by atoms with Crippen molar-refractivity contribution in [2.45, 2.75) is 33.2 Å². The Kier molecular flexibility index (Phi) is 8.35. The first-order chi connectivity index (χ1) is 7.99. The molecule has 0 saturated heterocycles. The SMILES string of the molecule is CCCN(CCO)CC(=O)NC(=O)NC(C)C. The maximum Gasteiger partial charge on any atom is 0.321 e. The molecule has 6 heteroatoms. The summed E-state index contributed by atoms with van der Waals surface area (Å²) in [4.78, 5) is 24.6. The van der Waals surface area contributed by atoms with Gasteiger partial charge >= 0.3 is 6.03 Å². The van der Waals surface area contributed by atoms with Gasteiger partial charge in [-0.3, -0.25) is 15.0 Å². The van der Waals surface area contributed by atoms with E-state index in [4.69, 9.17) is 5.11 Å². The van der Waals surface area contributed by atoms with Crippen molar-refractivity contribution < 1.29 is 14.7 Å². The van der Waals surface area contributed by atoms with E-state index in [-0.39, 0.29) is 25.1 Å². The number of carbonyl (C=O) groups excluding carboxylic acids is 2. The number of carbonyl (C=O) groups is 2. The number of amides is 3. The lowest BCUT2D eigenvalue weighted by Gasteiger charge is -2.19. The lowest BCUT2D eigenvalue weighted by Crippen LogP contribution is -2.46. The van der Waals surface area contributed by atoms with E-state index in [2.05, 4.69) is 10.6 Å².